The van der Waals surface area contributed by atoms with Gasteiger partial charge in [0.1, 0.15) is 0 Å². The van der Waals surface area contributed by atoms with E-state index < -0.39 is 0 Å². The summed E-state index contributed by atoms with van der Waals surface area (Å²) in [5.74, 6) is 2.40. The normalized spacial score (nSPS) is 37.7. The lowest BCUT2D eigenvalue weighted by atomic mass is 9.95. The second-order valence-electron chi connectivity index (χ2n) is 6.64. The molecule has 1 heterocycles. The van der Waals surface area contributed by atoms with Gasteiger partial charge in [-0.05, 0) is 50.7 Å². The summed E-state index contributed by atoms with van der Waals surface area (Å²) >= 11 is 2.18. The minimum atomic E-state index is 0.537. The van der Waals surface area contributed by atoms with Gasteiger partial charge in [0.15, 0.2) is 0 Å². The Morgan fingerprint density at radius 3 is 2.78 bits per heavy atom. The molecule has 0 spiro atoms. The molecule has 0 aromatic heterocycles. The molecule has 1 saturated carbocycles. The van der Waals surface area contributed by atoms with Crippen LogP contribution in [0.1, 0.15) is 71.6 Å². The molecule has 0 aromatic carbocycles. The molecule has 18 heavy (non-hydrogen) atoms. The van der Waals surface area contributed by atoms with Crippen molar-refractivity contribution >= 4 is 11.8 Å². The van der Waals surface area contributed by atoms with Gasteiger partial charge in [-0.3, -0.25) is 0 Å². The molecule has 0 radical (unpaired) electrons. The van der Waals surface area contributed by atoms with Gasteiger partial charge in [0.2, 0.25) is 0 Å². The summed E-state index contributed by atoms with van der Waals surface area (Å²) in [5, 5.41) is 3.89. The third-order valence-electron chi connectivity index (χ3n) is 4.85. The van der Waals surface area contributed by atoms with Crippen molar-refractivity contribution < 1.29 is 0 Å². The zero-order valence-corrected chi connectivity index (χ0v) is 13.2. The fraction of sp³-hybridized carbons (Fsp3) is 1.00. The third-order valence-corrected chi connectivity index (χ3v) is 6.39. The summed E-state index contributed by atoms with van der Waals surface area (Å²) < 4.78 is 0.537. The van der Waals surface area contributed by atoms with Gasteiger partial charge in [0, 0.05) is 17.3 Å². The van der Waals surface area contributed by atoms with Crippen LogP contribution in [0.3, 0.4) is 0 Å². The van der Waals surface area contributed by atoms with Crippen LogP contribution in [-0.2, 0) is 0 Å². The van der Waals surface area contributed by atoms with Crippen molar-refractivity contribution in [3.63, 3.8) is 0 Å². The van der Waals surface area contributed by atoms with E-state index in [4.69, 9.17) is 0 Å². The quantitative estimate of drug-likeness (QED) is 0.731. The first-order valence-corrected chi connectivity index (χ1v) is 9.08. The maximum Gasteiger partial charge on any atom is 0.0256 e. The zero-order valence-electron chi connectivity index (χ0n) is 12.3. The summed E-state index contributed by atoms with van der Waals surface area (Å²) in [6, 6.07) is 0.810. The lowest BCUT2D eigenvalue weighted by Crippen LogP contribution is -2.39. The van der Waals surface area contributed by atoms with E-state index in [9.17, 15) is 0 Å². The van der Waals surface area contributed by atoms with Crippen molar-refractivity contribution in [2.75, 3.05) is 12.3 Å². The predicted octanol–water partition coefficient (Wildman–Crippen LogP) is 4.61. The molecule has 1 saturated heterocycles. The van der Waals surface area contributed by atoms with Crippen molar-refractivity contribution in [3.8, 4) is 0 Å². The highest BCUT2D eigenvalue weighted by molar-refractivity contribution is 8.00. The number of thioether (sulfide) groups is 1. The number of hydrogen-bond acceptors (Lipinski definition) is 2. The van der Waals surface area contributed by atoms with Gasteiger partial charge in [-0.2, -0.15) is 11.8 Å². The third kappa shape index (κ3) is 4.45. The molecule has 2 rings (SSSR count). The largest absolute Gasteiger partial charge is 0.313 e. The summed E-state index contributed by atoms with van der Waals surface area (Å²) in [6.45, 7) is 6.02. The van der Waals surface area contributed by atoms with E-state index in [1.165, 1.54) is 70.1 Å². The van der Waals surface area contributed by atoms with Crippen molar-refractivity contribution in [1.29, 1.82) is 0 Å². The molecule has 0 bridgehead atoms. The van der Waals surface area contributed by atoms with Crippen molar-refractivity contribution in [3.05, 3.63) is 0 Å². The van der Waals surface area contributed by atoms with Crippen LogP contribution in [0.25, 0.3) is 0 Å². The molecule has 0 amide bonds. The first-order valence-electron chi connectivity index (χ1n) is 8.09. The lowest BCUT2D eigenvalue weighted by Gasteiger charge is -2.26. The minimum absolute atomic E-state index is 0.537. The average Bonchev–Trinajstić information content (AvgIpc) is 2.66. The van der Waals surface area contributed by atoms with E-state index in [1.807, 2.05) is 0 Å². The highest BCUT2D eigenvalue weighted by Gasteiger charge is 2.30. The summed E-state index contributed by atoms with van der Waals surface area (Å²) in [4.78, 5) is 0. The molecule has 0 aromatic rings. The molecular formula is C16H31NS. The van der Waals surface area contributed by atoms with Gasteiger partial charge >= 0.3 is 0 Å². The Hall–Kier alpha value is 0.310. The van der Waals surface area contributed by atoms with Gasteiger partial charge in [0.05, 0.1) is 0 Å². The molecule has 2 aliphatic rings. The summed E-state index contributed by atoms with van der Waals surface area (Å²) in [7, 11) is 0. The Labute approximate surface area is 118 Å². The van der Waals surface area contributed by atoms with E-state index in [-0.39, 0.29) is 0 Å². The SMILES string of the molecule is CCCC1CCCC(NCC2(C)CCCS2)CC1. The molecule has 2 heteroatoms. The molecule has 106 valence electrons. The van der Waals surface area contributed by atoms with Gasteiger partial charge < -0.3 is 5.32 Å². The Bertz CT molecular complexity index is 235. The molecular weight excluding hydrogens is 238 g/mol. The Morgan fingerprint density at radius 2 is 2.06 bits per heavy atom. The smallest absolute Gasteiger partial charge is 0.0256 e. The standard InChI is InChI=1S/C16H31NS/c1-3-6-14-7-4-8-15(10-9-14)17-13-16(2)11-5-12-18-16/h14-15,17H,3-13H2,1-2H3. The minimum Gasteiger partial charge on any atom is -0.313 e. The number of nitrogens with one attached hydrogen (secondary N) is 1. The van der Waals surface area contributed by atoms with E-state index in [2.05, 4.69) is 30.9 Å². The second kappa shape index (κ2) is 7.19. The van der Waals surface area contributed by atoms with E-state index in [0.717, 1.165) is 12.0 Å². The second-order valence-corrected chi connectivity index (χ2v) is 8.33. The first-order chi connectivity index (χ1) is 8.72. The van der Waals surface area contributed by atoms with Crippen molar-refractivity contribution in [1.82, 2.24) is 5.32 Å². The first kappa shape index (κ1) is 14.7. The van der Waals surface area contributed by atoms with E-state index in [0.29, 0.717) is 4.75 Å². The molecule has 1 N–H and O–H groups in total. The van der Waals surface area contributed by atoms with Gasteiger partial charge in [-0.25, -0.2) is 0 Å². The average molecular weight is 269 g/mol. The Balaban J connectivity index is 1.70. The fourth-order valence-electron chi connectivity index (χ4n) is 3.62. The highest BCUT2D eigenvalue weighted by atomic mass is 32.2. The van der Waals surface area contributed by atoms with Gasteiger partial charge in [-0.1, -0.05) is 32.6 Å². The van der Waals surface area contributed by atoms with Crippen LogP contribution in [0.5, 0.6) is 0 Å². The van der Waals surface area contributed by atoms with Crippen molar-refractivity contribution in [2.24, 2.45) is 5.92 Å². The molecule has 2 fully saturated rings. The van der Waals surface area contributed by atoms with Gasteiger partial charge in [0.25, 0.3) is 0 Å². The van der Waals surface area contributed by atoms with Crippen LogP contribution in [0.2, 0.25) is 0 Å². The topological polar surface area (TPSA) is 12.0 Å². The van der Waals surface area contributed by atoms with Crippen LogP contribution < -0.4 is 5.32 Å². The Morgan fingerprint density at radius 1 is 1.17 bits per heavy atom. The van der Waals surface area contributed by atoms with Crippen LogP contribution >= 0.6 is 11.8 Å². The Kier molecular flexibility index (Phi) is 5.88. The van der Waals surface area contributed by atoms with Crippen LogP contribution in [0.15, 0.2) is 0 Å². The summed E-state index contributed by atoms with van der Waals surface area (Å²) in [6.07, 6.45) is 12.9. The molecule has 3 atom stereocenters. The highest BCUT2D eigenvalue weighted by Crippen LogP contribution is 2.37. The lowest BCUT2D eigenvalue weighted by molar-refractivity contribution is 0.400. The van der Waals surface area contributed by atoms with E-state index in [1.54, 1.807) is 0 Å². The molecule has 1 aliphatic carbocycles. The fourth-order valence-corrected chi connectivity index (χ4v) is 4.87. The summed E-state index contributed by atoms with van der Waals surface area (Å²) in [5.41, 5.74) is 0. The van der Waals surface area contributed by atoms with Gasteiger partial charge in [-0.15, -0.1) is 0 Å². The number of rotatable bonds is 5. The van der Waals surface area contributed by atoms with Crippen molar-refractivity contribution in [2.45, 2.75) is 82.4 Å². The predicted molar refractivity (Wildman–Crippen MR) is 83.4 cm³/mol. The maximum absolute atomic E-state index is 3.89. The van der Waals surface area contributed by atoms with Crippen LogP contribution in [0.4, 0.5) is 0 Å². The zero-order chi connectivity index (χ0) is 12.8. The molecule has 1 nitrogen and oxygen atoms in total. The monoisotopic (exact) mass is 269 g/mol. The number of hydrogen-bond donors (Lipinski definition) is 1. The van der Waals surface area contributed by atoms with Crippen LogP contribution in [0, 0.1) is 5.92 Å². The van der Waals surface area contributed by atoms with Crippen LogP contribution in [-0.4, -0.2) is 23.1 Å². The molecule has 3 unspecified atom stereocenters. The maximum atomic E-state index is 3.89. The van der Waals surface area contributed by atoms with E-state index >= 15 is 0 Å². The molecule has 1 aliphatic heterocycles.